The van der Waals surface area contributed by atoms with E-state index < -0.39 is 0 Å². The lowest BCUT2D eigenvalue weighted by Gasteiger charge is -2.08. The third-order valence-corrected chi connectivity index (χ3v) is 1.35. The number of methoxy groups -OCH3 is 1. The second-order valence-electron chi connectivity index (χ2n) is 1.23. The smallest absolute Gasteiger partial charge is 0.107 e. The molecular formula is C4H11NOS. The molecule has 0 aromatic heterocycles. The Balaban J connectivity index is 2.83. The molecule has 0 rings (SSSR count). The summed E-state index contributed by atoms with van der Waals surface area (Å²) < 4.78 is 6.80. The predicted molar refractivity (Wildman–Crippen MR) is 33.2 cm³/mol. The normalized spacial score (nSPS) is 10.3. The zero-order valence-corrected chi connectivity index (χ0v) is 5.79. The van der Waals surface area contributed by atoms with Gasteiger partial charge < -0.3 is 4.74 Å². The van der Waals surface area contributed by atoms with Crippen molar-refractivity contribution in [3.63, 3.8) is 0 Å². The Morgan fingerprint density at radius 1 is 1.71 bits per heavy atom. The van der Waals surface area contributed by atoms with E-state index in [1.807, 2.05) is 17.6 Å². The van der Waals surface area contributed by atoms with Crippen LogP contribution in [0.2, 0.25) is 0 Å². The molecule has 2 nitrogen and oxygen atoms in total. The fraction of sp³-hybridized carbons (Fsp3) is 1.00. The van der Waals surface area contributed by atoms with Crippen molar-refractivity contribution in [2.45, 2.75) is 0 Å². The minimum Gasteiger partial charge on any atom is -0.368 e. The van der Waals surface area contributed by atoms with Gasteiger partial charge in [-0.1, -0.05) is 11.9 Å². The molecule has 0 aliphatic heterocycles. The van der Waals surface area contributed by atoms with Crippen molar-refractivity contribution >= 4 is 11.9 Å². The summed E-state index contributed by atoms with van der Waals surface area (Å²) >= 11 is 1.66. The van der Waals surface area contributed by atoms with Gasteiger partial charge in [-0.2, -0.15) is 0 Å². The zero-order chi connectivity index (χ0) is 5.70. The van der Waals surface area contributed by atoms with Gasteiger partial charge in [0.2, 0.25) is 0 Å². The molecule has 0 fully saturated rings. The molecule has 0 saturated carbocycles. The van der Waals surface area contributed by atoms with Gasteiger partial charge in [0.05, 0.1) is 0 Å². The van der Waals surface area contributed by atoms with Crippen molar-refractivity contribution in [3.05, 3.63) is 0 Å². The molecule has 0 aliphatic carbocycles. The summed E-state index contributed by atoms with van der Waals surface area (Å²) in [5, 5.41) is 0. The molecule has 0 heterocycles. The van der Waals surface area contributed by atoms with Gasteiger partial charge in [-0.15, -0.1) is 0 Å². The highest BCUT2D eigenvalue weighted by Crippen LogP contribution is 1.97. The number of nitrogens with zero attached hydrogens (tertiary/aromatic N) is 1. The molecule has 0 aromatic carbocycles. The van der Waals surface area contributed by atoms with E-state index in [1.54, 1.807) is 19.1 Å². The van der Waals surface area contributed by atoms with Crippen LogP contribution in [0.4, 0.5) is 0 Å². The molecule has 0 aliphatic rings. The average molecular weight is 121 g/mol. The van der Waals surface area contributed by atoms with Crippen molar-refractivity contribution in [1.29, 1.82) is 0 Å². The minimum atomic E-state index is 0.696. The summed E-state index contributed by atoms with van der Waals surface area (Å²) in [6.07, 6.45) is 2.01. The van der Waals surface area contributed by atoms with Crippen molar-refractivity contribution in [3.8, 4) is 0 Å². The van der Waals surface area contributed by atoms with Crippen molar-refractivity contribution in [1.82, 2.24) is 4.31 Å². The molecule has 7 heavy (non-hydrogen) atoms. The van der Waals surface area contributed by atoms with Gasteiger partial charge in [-0.3, -0.25) is 0 Å². The maximum atomic E-state index is 4.80. The summed E-state index contributed by atoms with van der Waals surface area (Å²) in [6.45, 7) is 0.696. The standard InChI is InChI=1S/C4H11NOS/c1-5(7-3)4-6-2/h4H2,1-3H3. The molecule has 0 bridgehead atoms. The molecule has 0 N–H and O–H groups in total. The molecular weight excluding hydrogens is 110 g/mol. The summed E-state index contributed by atoms with van der Waals surface area (Å²) in [6, 6.07) is 0. The quantitative estimate of drug-likeness (QED) is 0.405. The van der Waals surface area contributed by atoms with Crippen LogP contribution in [-0.2, 0) is 4.74 Å². The minimum absolute atomic E-state index is 0.696. The molecule has 0 spiro atoms. The predicted octanol–water partition coefficient (Wildman–Crippen LogP) is 0.800. The Kier molecular flexibility index (Phi) is 4.60. The largest absolute Gasteiger partial charge is 0.368 e. The van der Waals surface area contributed by atoms with E-state index in [9.17, 15) is 0 Å². The Bertz CT molecular complexity index is 42.7. The van der Waals surface area contributed by atoms with Crippen molar-refractivity contribution in [2.75, 3.05) is 27.1 Å². The van der Waals surface area contributed by atoms with Crippen LogP contribution in [0.5, 0.6) is 0 Å². The lowest BCUT2D eigenvalue weighted by atomic mass is 11.1. The molecule has 0 amide bonds. The number of rotatable bonds is 3. The highest BCUT2D eigenvalue weighted by Gasteiger charge is 1.87. The molecule has 0 atom stereocenters. The van der Waals surface area contributed by atoms with Gasteiger partial charge in [-0.05, 0) is 13.3 Å². The van der Waals surface area contributed by atoms with Gasteiger partial charge in [-0.25, -0.2) is 4.31 Å². The highest BCUT2D eigenvalue weighted by molar-refractivity contribution is 7.96. The average Bonchev–Trinajstić information content (AvgIpc) is 1.68. The number of hydrogen-bond donors (Lipinski definition) is 0. The van der Waals surface area contributed by atoms with E-state index in [1.165, 1.54) is 0 Å². The molecule has 44 valence electrons. The molecule has 0 aromatic rings. The van der Waals surface area contributed by atoms with Gasteiger partial charge >= 0.3 is 0 Å². The summed E-state index contributed by atoms with van der Waals surface area (Å²) in [7, 11) is 3.67. The van der Waals surface area contributed by atoms with Crippen molar-refractivity contribution in [2.24, 2.45) is 0 Å². The third-order valence-electron chi connectivity index (χ3n) is 0.623. The molecule has 0 unspecified atom stereocenters. The fourth-order valence-corrected chi connectivity index (χ4v) is 0.445. The Morgan fingerprint density at radius 3 is 2.43 bits per heavy atom. The Hall–Kier alpha value is 0.270. The van der Waals surface area contributed by atoms with E-state index in [0.29, 0.717) is 6.73 Å². The van der Waals surface area contributed by atoms with E-state index in [-0.39, 0.29) is 0 Å². The fourth-order valence-electron chi connectivity index (χ4n) is 0.235. The lowest BCUT2D eigenvalue weighted by Crippen LogP contribution is -2.10. The van der Waals surface area contributed by atoms with Crippen LogP contribution >= 0.6 is 11.9 Å². The monoisotopic (exact) mass is 121 g/mol. The summed E-state index contributed by atoms with van der Waals surface area (Å²) in [5.41, 5.74) is 0. The van der Waals surface area contributed by atoms with Crippen LogP contribution in [0.1, 0.15) is 0 Å². The zero-order valence-electron chi connectivity index (χ0n) is 4.97. The van der Waals surface area contributed by atoms with Crippen LogP contribution in [-0.4, -0.2) is 31.4 Å². The number of hydrogen-bond acceptors (Lipinski definition) is 3. The third kappa shape index (κ3) is 4.12. The highest BCUT2D eigenvalue weighted by atomic mass is 32.2. The SMILES string of the molecule is COCN(C)SC. The van der Waals surface area contributed by atoms with E-state index >= 15 is 0 Å². The summed E-state index contributed by atoms with van der Waals surface area (Å²) in [5.74, 6) is 0. The van der Waals surface area contributed by atoms with E-state index in [2.05, 4.69) is 0 Å². The van der Waals surface area contributed by atoms with Crippen molar-refractivity contribution < 1.29 is 4.74 Å². The Morgan fingerprint density at radius 2 is 2.29 bits per heavy atom. The van der Waals surface area contributed by atoms with Crippen LogP contribution in [0, 0.1) is 0 Å². The maximum Gasteiger partial charge on any atom is 0.107 e. The number of ether oxygens (including phenoxy) is 1. The van der Waals surface area contributed by atoms with Crippen LogP contribution in [0.3, 0.4) is 0 Å². The van der Waals surface area contributed by atoms with Gasteiger partial charge in [0, 0.05) is 7.11 Å². The van der Waals surface area contributed by atoms with E-state index in [0.717, 1.165) is 0 Å². The lowest BCUT2D eigenvalue weighted by molar-refractivity contribution is 0.138. The van der Waals surface area contributed by atoms with Crippen LogP contribution in [0.25, 0.3) is 0 Å². The maximum absolute atomic E-state index is 4.80. The first kappa shape index (κ1) is 7.27. The Labute approximate surface area is 49.0 Å². The molecule has 0 radical (unpaired) electrons. The van der Waals surface area contributed by atoms with Gasteiger partial charge in [0.1, 0.15) is 6.73 Å². The topological polar surface area (TPSA) is 12.5 Å². The molecule has 0 saturated heterocycles. The first-order valence-electron chi connectivity index (χ1n) is 2.05. The van der Waals surface area contributed by atoms with Crippen LogP contribution < -0.4 is 0 Å². The second-order valence-corrected chi connectivity index (χ2v) is 2.22. The first-order valence-corrected chi connectivity index (χ1v) is 3.23. The van der Waals surface area contributed by atoms with Crippen LogP contribution in [0.15, 0.2) is 0 Å². The summed E-state index contributed by atoms with van der Waals surface area (Å²) in [4.78, 5) is 0. The van der Waals surface area contributed by atoms with Gasteiger partial charge in [0.15, 0.2) is 0 Å². The first-order chi connectivity index (χ1) is 3.31. The van der Waals surface area contributed by atoms with E-state index in [4.69, 9.17) is 4.74 Å². The second kappa shape index (κ2) is 4.43. The van der Waals surface area contributed by atoms with Gasteiger partial charge in [0.25, 0.3) is 0 Å². The molecule has 3 heteroatoms.